The molecule has 0 aromatic carbocycles. The Morgan fingerprint density at radius 1 is 1.10 bits per heavy atom. The van der Waals surface area contributed by atoms with Crippen molar-refractivity contribution in [2.75, 3.05) is 7.05 Å². The normalized spacial score (nSPS) is 12.3. The third kappa shape index (κ3) is 15.7. The van der Waals surface area contributed by atoms with Crippen molar-refractivity contribution in [3.63, 3.8) is 0 Å². The number of rotatable bonds is 3. The van der Waals surface area contributed by atoms with Crippen molar-refractivity contribution < 1.29 is 5.11 Å². The Hall–Kier alpha value is -0.0800. The molecule has 0 fully saturated rings. The van der Waals surface area contributed by atoms with E-state index in [4.69, 9.17) is 5.11 Å². The van der Waals surface area contributed by atoms with Crippen LogP contribution in [0.15, 0.2) is 0 Å². The molecule has 0 rings (SSSR count). The number of aliphatic hydroxyl groups excluding tert-OH is 1. The van der Waals surface area contributed by atoms with Crippen LogP contribution in [0, 0.1) is 5.92 Å². The summed E-state index contributed by atoms with van der Waals surface area (Å²) in [6.45, 7) is 6.17. The first kappa shape index (κ1) is 12.6. The molecule has 0 amide bonds. The lowest BCUT2D eigenvalue weighted by molar-refractivity contribution is 0.176. The predicted octanol–water partition coefficient (Wildman–Crippen LogP) is 1.38. The van der Waals surface area contributed by atoms with Gasteiger partial charge in [0.1, 0.15) is 0 Å². The Morgan fingerprint density at radius 2 is 1.50 bits per heavy atom. The zero-order chi connectivity index (χ0) is 8.57. The van der Waals surface area contributed by atoms with Crippen LogP contribution >= 0.6 is 0 Å². The Kier molecular flexibility index (Phi) is 11.2. The minimum atomic E-state index is -0.114. The Morgan fingerprint density at radius 3 is 1.60 bits per heavy atom. The second kappa shape index (κ2) is 8.92. The lowest BCUT2D eigenvalue weighted by Crippen LogP contribution is -2.00. The smallest absolute Gasteiger partial charge is 0.0512 e. The van der Waals surface area contributed by atoms with Crippen molar-refractivity contribution in [2.24, 2.45) is 11.7 Å². The fourth-order valence-electron chi connectivity index (χ4n) is 0.575. The summed E-state index contributed by atoms with van der Waals surface area (Å²) in [4.78, 5) is 0. The molecule has 64 valence electrons. The molecule has 1 atom stereocenters. The van der Waals surface area contributed by atoms with E-state index in [1.807, 2.05) is 6.92 Å². The second-order valence-electron chi connectivity index (χ2n) is 2.82. The summed E-state index contributed by atoms with van der Waals surface area (Å²) >= 11 is 0. The van der Waals surface area contributed by atoms with Crippen LogP contribution in [0.1, 0.15) is 33.6 Å². The van der Waals surface area contributed by atoms with Crippen LogP contribution in [0.4, 0.5) is 0 Å². The van der Waals surface area contributed by atoms with Gasteiger partial charge in [-0.25, -0.2) is 0 Å². The van der Waals surface area contributed by atoms with Crippen molar-refractivity contribution in [2.45, 2.75) is 39.7 Å². The molecule has 2 nitrogen and oxygen atoms in total. The zero-order valence-electron chi connectivity index (χ0n) is 7.59. The third-order valence-electron chi connectivity index (χ3n) is 1.16. The summed E-state index contributed by atoms with van der Waals surface area (Å²) < 4.78 is 0. The molecule has 3 N–H and O–H groups in total. The van der Waals surface area contributed by atoms with E-state index in [1.165, 1.54) is 7.05 Å². The van der Waals surface area contributed by atoms with Crippen LogP contribution in [-0.4, -0.2) is 18.3 Å². The summed E-state index contributed by atoms with van der Waals surface area (Å²) in [7, 11) is 1.50. The van der Waals surface area contributed by atoms with Gasteiger partial charge in [0, 0.05) is 0 Å². The van der Waals surface area contributed by atoms with Gasteiger partial charge in [0.05, 0.1) is 6.10 Å². The van der Waals surface area contributed by atoms with Crippen molar-refractivity contribution >= 4 is 0 Å². The molecule has 0 heterocycles. The summed E-state index contributed by atoms with van der Waals surface area (Å²) in [5.41, 5.74) is 4.50. The van der Waals surface area contributed by atoms with Crippen LogP contribution in [-0.2, 0) is 0 Å². The van der Waals surface area contributed by atoms with Gasteiger partial charge in [0.15, 0.2) is 0 Å². The minimum absolute atomic E-state index is 0.114. The van der Waals surface area contributed by atoms with Gasteiger partial charge in [-0.2, -0.15) is 0 Å². The van der Waals surface area contributed by atoms with E-state index in [-0.39, 0.29) is 6.10 Å². The average molecular weight is 147 g/mol. The molecular formula is C8H21NO. The lowest BCUT2D eigenvalue weighted by Gasteiger charge is -2.04. The Bertz CT molecular complexity index is 45.2. The molecule has 1 unspecified atom stereocenters. The van der Waals surface area contributed by atoms with Crippen LogP contribution in [0.25, 0.3) is 0 Å². The molecule has 0 spiro atoms. The van der Waals surface area contributed by atoms with Crippen LogP contribution < -0.4 is 5.73 Å². The van der Waals surface area contributed by atoms with Gasteiger partial charge in [-0.3, -0.25) is 0 Å². The zero-order valence-corrected chi connectivity index (χ0v) is 7.59. The van der Waals surface area contributed by atoms with Gasteiger partial charge in [-0.05, 0) is 32.7 Å². The topological polar surface area (TPSA) is 46.2 Å². The summed E-state index contributed by atoms with van der Waals surface area (Å²) in [6.07, 6.45) is 1.97. The molecule has 0 aliphatic heterocycles. The number of hydrogen-bond acceptors (Lipinski definition) is 2. The first-order valence-electron chi connectivity index (χ1n) is 3.88. The predicted molar refractivity (Wildman–Crippen MR) is 45.9 cm³/mol. The van der Waals surface area contributed by atoms with Crippen LogP contribution in [0.3, 0.4) is 0 Å². The highest BCUT2D eigenvalue weighted by atomic mass is 16.3. The monoisotopic (exact) mass is 147 g/mol. The third-order valence-corrected chi connectivity index (χ3v) is 1.16. The van der Waals surface area contributed by atoms with Gasteiger partial charge in [0.25, 0.3) is 0 Å². The standard InChI is InChI=1S/C7H16O.CH5N/c1-6(2)4-5-7(3)8;1-2/h6-8H,4-5H2,1-3H3;2H2,1H3. The number of hydrogen-bond donors (Lipinski definition) is 2. The summed E-state index contributed by atoms with van der Waals surface area (Å²) in [6, 6.07) is 0. The van der Waals surface area contributed by atoms with Crippen molar-refractivity contribution in [3.8, 4) is 0 Å². The minimum Gasteiger partial charge on any atom is -0.393 e. The fourth-order valence-corrected chi connectivity index (χ4v) is 0.575. The first-order chi connectivity index (χ1) is 4.63. The molecule has 0 aromatic rings. The maximum atomic E-state index is 8.80. The molecule has 0 saturated carbocycles. The fraction of sp³-hybridized carbons (Fsp3) is 1.00. The van der Waals surface area contributed by atoms with E-state index < -0.39 is 0 Å². The van der Waals surface area contributed by atoms with E-state index in [0.29, 0.717) is 0 Å². The highest BCUT2D eigenvalue weighted by molar-refractivity contribution is 4.49. The molecular weight excluding hydrogens is 126 g/mol. The van der Waals surface area contributed by atoms with Crippen molar-refractivity contribution in [1.82, 2.24) is 0 Å². The van der Waals surface area contributed by atoms with E-state index in [9.17, 15) is 0 Å². The van der Waals surface area contributed by atoms with Gasteiger partial charge < -0.3 is 10.8 Å². The quantitative estimate of drug-likeness (QED) is 0.633. The molecule has 10 heavy (non-hydrogen) atoms. The molecule has 2 heteroatoms. The van der Waals surface area contributed by atoms with E-state index in [2.05, 4.69) is 19.6 Å². The van der Waals surface area contributed by atoms with Gasteiger partial charge in [-0.15, -0.1) is 0 Å². The lowest BCUT2D eigenvalue weighted by atomic mass is 10.1. The summed E-state index contributed by atoms with van der Waals surface area (Å²) in [5, 5.41) is 8.80. The maximum absolute atomic E-state index is 8.80. The molecule has 0 bridgehead atoms. The largest absolute Gasteiger partial charge is 0.393 e. The van der Waals surface area contributed by atoms with Gasteiger partial charge in [-0.1, -0.05) is 13.8 Å². The van der Waals surface area contributed by atoms with Crippen molar-refractivity contribution in [3.05, 3.63) is 0 Å². The van der Waals surface area contributed by atoms with Crippen molar-refractivity contribution in [1.29, 1.82) is 0 Å². The Balaban J connectivity index is 0. The summed E-state index contributed by atoms with van der Waals surface area (Å²) in [5.74, 6) is 0.726. The van der Waals surface area contributed by atoms with E-state index in [0.717, 1.165) is 18.8 Å². The average Bonchev–Trinajstić information content (AvgIpc) is 1.89. The van der Waals surface area contributed by atoms with Crippen LogP contribution in [0.2, 0.25) is 0 Å². The second-order valence-corrected chi connectivity index (χ2v) is 2.82. The van der Waals surface area contributed by atoms with Gasteiger partial charge in [0.2, 0.25) is 0 Å². The molecule has 0 aliphatic rings. The maximum Gasteiger partial charge on any atom is 0.0512 e. The highest BCUT2D eigenvalue weighted by Gasteiger charge is 1.96. The number of nitrogens with two attached hydrogens (primary N) is 1. The van der Waals surface area contributed by atoms with E-state index >= 15 is 0 Å². The molecule has 0 aromatic heterocycles. The first-order valence-corrected chi connectivity index (χ1v) is 3.88. The van der Waals surface area contributed by atoms with Crippen LogP contribution in [0.5, 0.6) is 0 Å². The Labute approximate surface area is 64.4 Å². The molecule has 0 radical (unpaired) electrons. The SMILES string of the molecule is CC(C)CCC(C)O.CN. The van der Waals surface area contributed by atoms with Gasteiger partial charge >= 0.3 is 0 Å². The molecule has 0 aliphatic carbocycles. The highest BCUT2D eigenvalue weighted by Crippen LogP contribution is 2.05. The molecule has 0 saturated heterocycles. The van der Waals surface area contributed by atoms with E-state index in [1.54, 1.807) is 0 Å². The number of aliphatic hydroxyl groups is 1.